The van der Waals surface area contributed by atoms with Crippen molar-refractivity contribution in [3.63, 3.8) is 0 Å². The van der Waals surface area contributed by atoms with Crippen molar-refractivity contribution >= 4 is 27.6 Å². The van der Waals surface area contributed by atoms with E-state index in [2.05, 4.69) is 34.9 Å². The molecule has 0 aliphatic rings. The molecular weight excluding hydrogens is 488 g/mol. The second-order valence-electron chi connectivity index (χ2n) is 7.05. The zero-order chi connectivity index (χ0) is 24.9. The number of ether oxygens (including phenoxy) is 3. The number of hydrogen-bond acceptors (Lipinski definition) is 11. The SMILES string of the molecule is CCOCc1nnc(NS(=O)(=O)[C@@H](C)[C@H](C)c2ncc(Cl)cn2)n1-c1c(OC)ncnc1OC. The van der Waals surface area contributed by atoms with Crippen LogP contribution in [0, 0.1) is 0 Å². The van der Waals surface area contributed by atoms with Crippen LogP contribution in [0.3, 0.4) is 0 Å². The fraction of sp³-hybridized carbons (Fsp3) is 0.474. The van der Waals surface area contributed by atoms with Crippen LogP contribution < -0.4 is 14.2 Å². The summed E-state index contributed by atoms with van der Waals surface area (Å²) >= 11 is 5.84. The first-order chi connectivity index (χ1) is 16.2. The summed E-state index contributed by atoms with van der Waals surface area (Å²) in [6.45, 7) is 5.51. The fourth-order valence-electron chi connectivity index (χ4n) is 3.00. The molecule has 34 heavy (non-hydrogen) atoms. The maximum atomic E-state index is 13.3. The lowest BCUT2D eigenvalue weighted by Gasteiger charge is -2.20. The number of sulfonamides is 1. The highest BCUT2D eigenvalue weighted by Crippen LogP contribution is 2.33. The lowest BCUT2D eigenvalue weighted by Crippen LogP contribution is -2.31. The Morgan fingerprint density at radius 3 is 2.24 bits per heavy atom. The molecule has 0 aliphatic carbocycles. The summed E-state index contributed by atoms with van der Waals surface area (Å²) in [6.07, 6.45) is 4.09. The van der Waals surface area contributed by atoms with E-state index in [9.17, 15) is 8.42 Å². The molecule has 0 saturated carbocycles. The normalized spacial score (nSPS) is 13.4. The van der Waals surface area contributed by atoms with E-state index in [1.807, 2.05) is 6.92 Å². The topological polar surface area (TPSA) is 156 Å². The number of aromatic nitrogens is 7. The molecule has 2 atom stereocenters. The Hall–Kier alpha value is -3.10. The number of halogens is 1. The van der Waals surface area contributed by atoms with Gasteiger partial charge in [-0.1, -0.05) is 18.5 Å². The van der Waals surface area contributed by atoms with Gasteiger partial charge in [0.05, 0.1) is 24.5 Å². The van der Waals surface area contributed by atoms with Crippen LogP contribution in [0.25, 0.3) is 5.69 Å². The Kier molecular flexibility index (Phi) is 8.17. The van der Waals surface area contributed by atoms with Crippen LogP contribution in [0.5, 0.6) is 11.8 Å². The molecule has 3 aromatic rings. The van der Waals surface area contributed by atoms with E-state index in [1.165, 1.54) is 37.5 Å². The van der Waals surface area contributed by atoms with E-state index >= 15 is 0 Å². The molecule has 3 rings (SSSR count). The molecule has 0 aromatic carbocycles. The summed E-state index contributed by atoms with van der Waals surface area (Å²) in [5.41, 5.74) is 0.214. The van der Waals surface area contributed by atoms with Crippen LogP contribution >= 0.6 is 11.6 Å². The third kappa shape index (κ3) is 5.34. The third-order valence-corrected chi connectivity index (χ3v) is 7.05. The summed E-state index contributed by atoms with van der Waals surface area (Å²) in [5, 5.41) is 7.54. The van der Waals surface area contributed by atoms with Crippen LogP contribution in [-0.4, -0.2) is 69.2 Å². The fourth-order valence-corrected chi connectivity index (χ4v) is 4.33. The lowest BCUT2D eigenvalue weighted by atomic mass is 10.1. The Balaban J connectivity index is 2.04. The Morgan fingerprint density at radius 1 is 1.06 bits per heavy atom. The maximum Gasteiger partial charge on any atom is 0.245 e. The van der Waals surface area contributed by atoms with Crippen molar-refractivity contribution in [2.75, 3.05) is 25.5 Å². The van der Waals surface area contributed by atoms with Crippen molar-refractivity contribution < 1.29 is 22.6 Å². The van der Waals surface area contributed by atoms with Gasteiger partial charge in [-0.05, 0) is 13.8 Å². The lowest BCUT2D eigenvalue weighted by molar-refractivity contribution is 0.127. The van der Waals surface area contributed by atoms with E-state index in [1.54, 1.807) is 13.8 Å². The van der Waals surface area contributed by atoms with Gasteiger partial charge in [-0.3, -0.25) is 9.29 Å². The highest BCUT2D eigenvalue weighted by molar-refractivity contribution is 7.93. The number of anilines is 1. The van der Waals surface area contributed by atoms with Gasteiger partial charge in [-0.2, -0.15) is 9.97 Å². The standard InChI is InChI=1S/C19H25ClN8O5S/c1-6-33-9-14-25-26-19(28(14)15-17(31-4)23-10-24-18(15)32-5)27-34(29,30)12(3)11(2)16-21-7-13(20)8-22-16/h7-8,10-12H,6,9H2,1-5H3,(H,26,27)/t11-,12-/m0/s1. The Labute approximate surface area is 201 Å². The van der Waals surface area contributed by atoms with E-state index in [0.29, 0.717) is 17.5 Å². The molecule has 15 heteroatoms. The molecular formula is C19H25ClN8O5S. The molecule has 1 N–H and O–H groups in total. The van der Waals surface area contributed by atoms with Gasteiger partial charge < -0.3 is 14.2 Å². The molecule has 0 bridgehead atoms. The van der Waals surface area contributed by atoms with Gasteiger partial charge in [0, 0.05) is 24.9 Å². The average molecular weight is 513 g/mol. The third-order valence-electron chi connectivity index (χ3n) is 5.01. The second kappa shape index (κ2) is 10.9. The highest BCUT2D eigenvalue weighted by Gasteiger charge is 2.32. The monoisotopic (exact) mass is 512 g/mol. The van der Waals surface area contributed by atoms with Gasteiger partial charge in [0.1, 0.15) is 18.8 Å². The van der Waals surface area contributed by atoms with Crippen molar-refractivity contribution in [1.29, 1.82) is 0 Å². The predicted molar refractivity (Wildman–Crippen MR) is 123 cm³/mol. The first-order valence-electron chi connectivity index (χ1n) is 10.2. The minimum Gasteiger partial charge on any atom is -0.479 e. The van der Waals surface area contributed by atoms with Crippen LogP contribution in [0.15, 0.2) is 18.7 Å². The number of hydrogen-bond donors (Lipinski definition) is 1. The largest absolute Gasteiger partial charge is 0.479 e. The second-order valence-corrected chi connectivity index (χ2v) is 9.53. The molecule has 0 amide bonds. The number of methoxy groups -OCH3 is 2. The summed E-state index contributed by atoms with van der Waals surface area (Å²) in [7, 11) is -1.17. The number of nitrogens with one attached hydrogen (secondary N) is 1. The van der Waals surface area contributed by atoms with Crippen molar-refractivity contribution in [2.24, 2.45) is 0 Å². The van der Waals surface area contributed by atoms with Gasteiger partial charge >= 0.3 is 0 Å². The van der Waals surface area contributed by atoms with Crippen molar-refractivity contribution in [3.05, 3.63) is 35.4 Å². The zero-order valence-corrected chi connectivity index (χ0v) is 20.8. The van der Waals surface area contributed by atoms with Crippen molar-refractivity contribution in [2.45, 2.75) is 38.5 Å². The van der Waals surface area contributed by atoms with Gasteiger partial charge in [0.2, 0.25) is 27.7 Å². The van der Waals surface area contributed by atoms with Crippen molar-refractivity contribution in [3.8, 4) is 17.4 Å². The molecule has 3 heterocycles. The van der Waals surface area contributed by atoms with E-state index in [-0.39, 0.29) is 35.8 Å². The quantitative estimate of drug-likeness (QED) is 0.400. The molecule has 0 fully saturated rings. The highest BCUT2D eigenvalue weighted by atomic mass is 35.5. The summed E-state index contributed by atoms with van der Waals surface area (Å²) in [4.78, 5) is 16.5. The molecule has 184 valence electrons. The van der Waals surface area contributed by atoms with E-state index in [4.69, 9.17) is 25.8 Å². The minimum atomic E-state index is -4.00. The van der Waals surface area contributed by atoms with Crippen LogP contribution in [0.4, 0.5) is 5.95 Å². The number of nitrogens with zero attached hydrogens (tertiary/aromatic N) is 7. The smallest absolute Gasteiger partial charge is 0.245 e. The minimum absolute atomic E-state index is 0.0387. The molecule has 0 radical (unpaired) electrons. The van der Waals surface area contributed by atoms with E-state index < -0.39 is 21.2 Å². The number of rotatable bonds is 11. The first-order valence-corrected chi connectivity index (χ1v) is 12.1. The van der Waals surface area contributed by atoms with Gasteiger partial charge in [-0.15, -0.1) is 10.2 Å². The van der Waals surface area contributed by atoms with Gasteiger partial charge in [0.25, 0.3) is 0 Å². The molecule has 0 unspecified atom stereocenters. The predicted octanol–water partition coefficient (Wildman–Crippen LogP) is 1.99. The molecule has 0 saturated heterocycles. The molecule has 0 spiro atoms. The van der Waals surface area contributed by atoms with Gasteiger partial charge in [-0.25, -0.2) is 18.4 Å². The van der Waals surface area contributed by atoms with Crippen LogP contribution in [0.2, 0.25) is 5.02 Å². The zero-order valence-electron chi connectivity index (χ0n) is 19.3. The first kappa shape index (κ1) is 25.5. The van der Waals surface area contributed by atoms with Crippen LogP contribution in [0.1, 0.15) is 38.3 Å². The molecule has 13 nitrogen and oxygen atoms in total. The summed E-state index contributed by atoms with van der Waals surface area (Å²) in [6, 6.07) is 0. The maximum absolute atomic E-state index is 13.3. The van der Waals surface area contributed by atoms with Crippen molar-refractivity contribution in [1.82, 2.24) is 34.7 Å². The Bertz CT molecular complexity index is 1200. The average Bonchev–Trinajstić information content (AvgIpc) is 3.22. The molecule has 3 aromatic heterocycles. The van der Waals surface area contributed by atoms with Gasteiger partial charge in [0.15, 0.2) is 11.5 Å². The molecule has 0 aliphatic heterocycles. The summed E-state index contributed by atoms with van der Waals surface area (Å²) < 4.78 is 46.7. The summed E-state index contributed by atoms with van der Waals surface area (Å²) in [5.74, 6) is 0.199. The van der Waals surface area contributed by atoms with E-state index in [0.717, 1.165) is 0 Å². The Morgan fingerprint density at radius 2 is 1.68 bits per heavy atom. The van der Waals surface area contributed by atoms with Crippen LogP contribution in [-0.2, 0) is 21.4 Å².